The van der Waals surface area contributed by atoms with Gasteiger partial charge < -0.3 is 29.9 Å². The van der Waals surface area contributed by atoms with Crippen LogP contribution in [0.4, 0.5) is 5.69 Å². The minimum absolute atomic E-state index is 0.000956. The Bertz CT molecular complexity index is 1470. The average molecular weight is 758 g/mol. The fraction of sp³-hybridized carbons (Fsp3) is 0.718. The van der Waals surface area contributed by atoms with Gasteiger partial charge >= 0.3 is 0 Å². The lowest BCUT2D eigenvalue weighted by molar-refractivity contribution is -0.384. The smallest absolute Gasteiger partial charge is 0.269 e. The van der Waals surface area contributed by atoms with Crippen LogP contribution in [0.5, 0.6) is 0 Å². The molecule has 15 heteroatoms. The van der Waals surface area contributed by atoms with Gasteiger partial charge in [0.15, 0.2) is 0 Å². The molecule has 1 aromatic rings. The summed E-state index contributed by atoms with van der Waals surface area (Å²) < 4.78 is 11.9. The lowest BCUT2D eigenvalue weighted by Gasteiger charge is -2.41. The van der Waals surface area contributed by atoms with Crippen molar-refractivity contribution >= 4 is 29.3 Å². The minimum Gasteiger partial charge on any atom is -0.379 e. The Hall–Kier alpha value is -4.13. The van der Waals surface area contributed by atoms with E-state index < -0.39 is 53.3 Å². The van der Waals surface area contributed by atoms with Gasteiger partial charge in [0.2, 0.25) is 23.6 Å². The maximum absolute atomic E-state index is 14.2. The Morgan fingerprint density at radius 3 is 2.26 bits per heavy atom. The maximum atomic E-state index is 14.2. The molecule has 2 rings (SSSR count). The zero-order valence-corrected chi connectivity index (χ0v) is 34.0. The van der Waals surface area contributed by atoms with Crippen molar-refractivity contribution in [2.24, 2.45) is 17.8 Å². The number of likely N-dealkylation sites (N-methyl/N-ethyl adjacent to an activating group) is 2. The largest absolute Gasteiger partial charge is 0.379 e. The molecule has 0 aromatic heterocycles. The van der Waals surface area contributed by atoms with Gasteiger partial charge in [-0.3, -0.25) is 34.2 Å². The number of benzene rings is 1. The number of amides is 4. The average Bonchev–Trinajstić information content (AvgIpc) is 3.62. The lowest BCUT2D eigenvalue weighted by atomic mass is 9.89. The molecule has 1 aliphatic heterocycles. The third kappa shape index (κ3) is 12.2. The predicted octanol–water partition coefficient (Wildman–Crippen LogP) is 3.55. The first-order valence-electron chi connectivity index (χ1n) is 18.9. The van der Waals surface area contributed by atoms with Crippen LogP contribution in [0, 0.1) is 39.2 Å². The van der Waals surface area contributed by atoms with Crippen LogP contribution in [0.3, 0.4) is 0 Å². The number of nitro benzene ring substituents is 1. The van der Waals surface area contributed by atoms with Crippen LogP contribution in [0.1, 0.15) is 79.2 Å². The Labute approximate surface area is 321 Å². The summed E-state index contributed by atoms with van der Waals surface area (Å²) in [6, 6.07) is 5.50. The van der Waals surface area contributed by atoms with E-state index in [1.807, 2.05) is 27.7 Å². The number of nitrogens with one attached hydrogen (secondary N) is 2. The van der Waals surface area contributed by atoms with Crippen LogP contribution in [0.15, 0.2) is 24.3 Å². The van der Waals surface area contributed by atoms with Gasteiger partial charge in [0.1, 0.15) is 6.04 Å². The van der Waals surface area contributed by atoms with Gasteiger partial charge in [0.25, 0.3) is 5.69 Å². The second-order valence-corrected chi connectivity index (χ2v) is 15.2. The van der Waals surface area contributed by atoms with E-state index in [1.165, 1.54) is 26.4 Å². The lowest BCUT2D eigenvalue weighted by Crippen LogP contribution is -2.59. The normalized spacial score (nSPS) is 18.8. The highest BCUT2D eigenvalue weighted by atomic mass is 16.6. The number of carbonyl (C=O) groups is 4. The van der Waals surface area contributed by atoms with Crippen molar-refractivity contribution in [2.75, 3.05) is 41.9 Å². The first kappa shape index (κ1) is 46.0. The van der Waals surface area contributed by atoms with Gasteiger partial charge in [-0.15, -0.1) is 0 Å². The first-order chi connectivity index (χ1) is 25.4. The van der Waals surface area contributed by atoms with E-state index >= 15 is 0 Å². The van der Waals surface area contributed by atoms with Crippen LogP contribution >= 0.6 is 0 Å². The van der Waals surface area contributed by atoms with Crippen molar-refractivity contribution < 1.29 is 33.6 Å². The highest BCUT2D eigenvalue weighted by molar-refractivity contribution is 5.90. The molecule has 1 fully saturated rings. The summed E-state index contributed by atoms with van der Waals surface area (Å²) in [7, 11) is 8.34. The van der Waals surface area contributed by atoms with Crippen LogP contribution in [-0.2, 0) is 35.1 Å². The number of nitrogens with zero attached hydrogens (tertiary/aromatic N) is 5. The molecule has 9 atom stereocenters. The minimum atomic E-state index is -0.776. The van der Waals surface area contributed by atoms with E-state index in [0.717, 1.165) is 0 Å². The van der Waals surface area contributed by atoms with Crippen molar-refractivity contribution in [2.45, 2.75) is 122 Å². The summed E-state index contributed by atoms with van der Waals surface area (Å²) in [5, 5.41) is 26.6. The van der Waals surface area contributed by atoms with Crippen LogP contribution < -0.4 is 10.6 Å². The summed E-state index contributed by atoms with van der Waals surface area (Å²) in [5.41, 5.74) is 0.545. The first-order valence-corrected chi connectivity index (χ1v) is 18.9. The molecule has 1 unspecified atom stereocenters. The van der Waals surface area contributed by atoms with Crippen LogP contribution in [-0.4, -0.2) is 128 Å². The zero-order valence-electron chi connectivity index (χ0n) is 34.0. The van der Waals surface area contributed by atoms with E-state index in [-0.39, 0.29) is 60.4 Å². The molecule has 54 heavy (non-hydrogen) atoms. The molecule has 1 aliphatic rings. The fourth-order valence-electron chi connectivity index (χ4n) is 7.25. The number of rotatable bonds is 21. The van der Waals surface area contributed by atoms with Gasteiger partial charge in [0, 0.05) is 46.0 Å². The van der Waals surface area contributed by atoms with Crippen molar-refractivity contribution in [3.63, 3.8) is 0 Å². The van der Waals surface area contributed by atoms with Gasteiger partial charge in [-0.1, -0.05) is 53.2 Å². The Morgan fingerprint density at radius 1 is 1.06 bits per heavy atom. The quantitative estimate of drug-likeness (QED) is 0.139. The second kappa shape index (κ2) is 21.7. The molecule has 2 N–H and O–H groups in total. The van der Waals surface area contributed by atoms with Crippen molar-refractivity contribution in [3.8, 4) is 6.07 Å². The number of carbonyl (C=O) groups excluding carboxylic acids is 4. The number of ether oxygens (including phenoxy) is 2. The molecule has 0 saturated carbocycles. The highest BCUT2D eigenvalue weighted by Crippen LogP contribution is 2.30. The van der Waals surface area contributed by atoms with Crippen molar-refractivity contribution in [1.82, 2.24) is 25.3 Å². The van der Waals surface area contributed by atoms with Gasteiger partial charge in [-0.05, 0) is 57.7 Å². The fourth-order valence-corrected chi connectivity index (χ4v) is 7.25. The Kier molecular flexibility index (Phi) is 18.5. The van der Waals surface area contributed by atoms with E-state index in [9.17, 15) is 34.6 Å². The summed E-state index contributed by atoms with van der Waals surface area (Å²) in [6.45, 7) is 11.8. The van der Waals surface area contributed by atoms with Gasteiger partial charge in [-0.2, -0.15) is 5.26 Å². The standard InChI is InChI=1S/C39H63N7O8/c1-12-25(4)35(44(9)39(50)34(24(2)3)42-38(49)27(6)43(7)8)32(53-10)23-33(47)45-20-14-17-31(45)36(54-11)26(5)37(48)41-29(18-19-40)21-28-15-13-16-30(22-28)46(51)52/h13,15-16,22,24-27,29,31-32,34-36H,12,14,17-18,20-21,23H2,1-11H3,(H,41,48)(H,42,49)/t25-,26+,27+,29+,31-,32+,34?,35-,36+/m0/s1. The maximum Gasteiger partial charge on any atom is 0.269 e. The summed E-state index contributed by atoms with van der Waals surface area (Å²) in [6.07, 6.45) is 0.932. The Morgan fingerprint density at radius 2 is 1.72 bits per heavy atom. The summed E-state index contributed by atoms with van der Waals surface area (Å²) in [5.74, 6) is -1.99. The third-order valence-electron chi connectivity index (χ3n) is 10.9. The molecule has 0 radical (unpaired) electrons. The molecule has 1 aromatic carbocycles. The Balaban J connectivity index is 2.26. The summed E-state index contributed by atoms with van der Waals surface area (Å²) >= 11 is 0. The predicted molar refractivity (Wildman–Crippen MR) is 205 cm³/mol. The highest BCUT2D eigenvalue weighted by Gasteiger charge is 2.43. The van der Waals surface area contributed by atoms with Gasteiger partial charge in [0.05, 0.1) is 60.1 Å². The van der Waals surface area contributed by atoms with E-state index in [0.29, 0.717) is 31.4 Å². The third-order valence-corrected chi connectivity index (χ3v) is 10.9. The number of hydrogen-bond donors (Lipinski definition) is 2. The molecular formula is C39H63N7O8. The second-order valence-electron chi connectivity index (χ2n) is 15.2. The SMILES string of the molecule is CC[C@H](C)[C@@H]([C@@H](CC(=O)N1CCC[C@H]1[C@H](OC)[C@@H](C)C(=O)N[C@H](CC#N)Cc1cccc([N+](=O)[O-])c1)OC)N(C)C(=O)C(NC(=O)[C@@H](C)N(C)C)C(C)C. The zero-order chi connectivity index (χ0) is 40.9. The van der Waals surface area contributed by atoms with Crippen LogP contribution in [0.25, 0.3) is 0 Å². The number of likely N-dealkylation sites (tertiary alicyclic amines) is 1. The number of nitro groups is 1. The molecule has 0 spiro atoms. The van der Waals surface area contributed by atoms with E-state index in [2.05, 4.69) is 16.7 Å². The molecule has 0 aliphatic carbocycles. The summed E-state index contributed by atoms with van der Waals surface area (Å²) in [4.78, 5) is 70.8. The van der Waals surface area contributed by atoms with E-state index in [4.69, 9.17) is 9.47 Å². The molecule has 15 nitrogen and oxygen atoms in total. The number of hydrogen-bond acceptors (Lipinski definition) is 10. The van der Waals surface area contributed by atoms with Crippen LogP contribution in [0.2, 0.25) is 0 Å². The van der Waals surface area contributed by atoms with Crippen molar-refractivity contribution in [1.29, 1.82) is 5.26 Å². The monoisotopic (exact) mass is 757 g/mol. The number of nitriles is 1. The molecular weight excluding hydrogens is 694 g/mol. The van der Waals surface area contributed by atoms with Crippen molar-refractivity contribution in [3.05, 3.63) is 39.9 Å². The molecule has 4 amide bonds. The molecule has 1 saturated heterocycles. The topological polar surface area (TPSA) is 187 Å². The number of methoxy groups -OCH3 is 2. The number of non-ortho nitro benzene ring substituents is 1. The molecule has 302 valence electrons. The van der Waals surface area contributed by atoms with Gasteiger partial charge in [-0.25, -0.2) is 0 Å². The molecule has 0 bridgehead atoms. The molecule has 1 heterocycles. The van der Waals surface area contributed by atoms with E-state index in [1.54, 1.807) is 61.8 Å².